The number of nitrogens with zero attached hydrogens (tertiary/aromatic N) is 2. The van der Waals surface area contributed by atoms with E-state index in [1.54, 1.807) is 42.7 Å². The predicted octanol–water partition coefficient (Wildman–Crippen LogP) is 2.13. The summed E-state index contributed by atoms with van der Waals surface area (Å²) in [7, 11) is 0. The van der Waals surface area contributed by atoms with Crippen LogP contribution in [0, 0.1) is 0 Å². The number of oxime groups is 1. The van der Waals surface area contributed by atoms with Crippen molar-refractivity contribution in [1.82, 2.24) is 15.3 Å². The van der Waals surface area contributed by atoms with Crippen LogP contribution in [0.25, 0.3) is 10.9 Å². The summed E-state index contributed by atoms with van der Waals surface area (Å²) in [5, 5.41) is 18.9. The van der Waals surface area contributed by atoms with Crippen LogP contribution in [-0.2, 0) is 0 Å². The molecule has 3 heterocycles. The van der Waals surface area contributed by atoms with Gasteiger partial charge in [0.25, 0.3) is 11.8 Å². The zero-order chi connectivity index (χ0) is 18.1. The first-order chi connectivity index (χ1) is 12.7. The minimum absolute atomic E-state index is 0.267. The number of amides is 2. The number of carbonyl (C=O) groups excluding carboxylic acids is 2. The van der Waals surface area contributed by atoms with Crippen LogP contribution < -0.4 is 10.6 Å². The Morgan fingerprint density at radius 3 is 2.96 bits per heavy atom. The van der Waals surface area contributed by atoms with Crippen LogP contribution in [-0.4, -0.2) is 39.2 Å². The monoisotopic (exact) mass is 349 g/mol. The molecule has 130 valence electrons. The van der Waals surface area contributed by atoms with Crippen LogP contribution in [0.4, 0.5) is 5.69 Å². The molecule has 2 aromatic heterocycles. The van der Waals surface area contributed by atoms with Crippen LogP contribution >= 0.6 is 0 Å². The van der Waals surface area contributed by atoms with E-state index in [9.17, 15) is 14.8 Å². The molecule has 4 N–H and O–H groups in total. The van der Waals surface area contributed by atoms with E-state index < -0.39 is 0 Å². The number of carbonyl (C=O) groups is 2. The number of fused-ring (bicyclic) bond motifs is 3. The summed E-state index contributed by atoms with van der Waals surface area (Å²) in [6, 6.07) is 8.54. The molecule has 1 aliphatic heterocycles. The molecule has 1 aliphatic rings. The van der Waals surface area contributed by atoms with Gasteiger partial charge in [-0.05, 0) is 30.3 Å². The van der Waals surface area contributed by atoms with Crippen molar-refractivity contribution < 1.29 is 14.8 Å². The summed E-state index contributed by atoms with van der Waals surface area (Å²) in [5.74, 6) is -0.563. The number of rotatable bonds is 2. The lowest BCUT2D eigenvalue weighted by Crippen LogP contribution is -2.23. The predicted molar refractivity (Wildman–Crippen MR) is 95.8 cm³/mol. The fourth-order valence-corrected chi connectivity index (χ4v) is 3.05. The maximum atomic E-state index is 12.5. The Bertz CT molecular complexity index is 1040. The highest BCUT2D eigenvalue weighted by Crippen LogP contribution is 2.27. The van der Waals surface area contributed by atoms with Crippen molar-refractivity contribution in [2.75, 3.05) is 11.9 Å². The Kier molecular flexibility index (Phi) is 3.85. The largest absolute Gasteiger partial charge is 0.411 e. The maximum Gasteiger partial charge on any atom is 0.268 e. The summed E-state index contributed by atoms with van der Waals surface area (Å²) < 4.78 is 0. The molecule has 2 amide bonds. The first kappa shape index (κ1) is 15.8. The Morgan fingerprint density at radius 1 is 1.31 bits per heavy atom. The molecule has 26 heavy (non-hydrogen) atoms. The van der Waals surface area contributed by atoms with Gasteiger partial charge >= 0.3 is 0 Å². The molecular formula is C18H15N5O3. The van der Waals surface area contributed by atoms with Gasteiger partial charge < -0.3 is 20.8 Å². The molecule has 0 atom stereocenters. The Morgan fingerprint density at radius 2 is 2.19 bits per heavy atom. The van der Waals surface area contributed by atoms with Gasteiger partial charge in [-0.1, -0.05) is 5.16 Å². The van der Waals surface area contributed by atoms with Crippen LogP contribution in [0.1, 0.15) is 32.8 Å². The number of pyridine rings is 1. The fraction of sp³-hybridized carbons (Fsp3) is 0.111. The van der Waals surface area contributed by atoms with E-state index >= 15 is 0 Å². The van der Waals surface area contributed by atoms with E-state index in [-0.39, 0.29) is 11.8 Å². The lowest BCUT2D eigenvalue weighted by atomic mass is 10.0. The molecule has 0 aliphatic carbocycles. The first-order valence-corrected chi connectivity index (χ1v) is 8.04. The zero-order valence-electron chi connectivity index (χ0n) is 13.6. The normalized spacial score (nSPS) is 15.4. The number of aromatic nitrogens is 2. The number of anilines is 1. The van der Waals surface area contributed by atoms with Gasteiger partial charge in [0, 0.05) is 41.2 Å². The first-order valence-electron chi connectivity index (χ1n) is 8.04. The molecule has 4 rings (SSSR count). The fourth-order valence-electron chi connectivity index (χ4n) is 3.05. The molecule has 0 saturated carbocycles. The van der Waals surface area contributed by atoms with Crippen molar-refractivity contribution in [1.29, 1.82) is 0 Å². The van der Waals surface area contributed by atoms with E-state index in [1.807, 2.05) is 0 Å². The molecule has 3 aromatic rings. The molecule has 0 fully saturated rings. The number of H-pyrrole nitrogens is 1. The smallest absolute Gasteiger partial charge is 0.268 e. The van der Waals surface area contributed by atoms with Crippen LogP contribution in [0.3, 0.4) is 0 Å². The second kappa shape index (κ2) is 6.32. The lowest BCUT2D eigenvalue weighted by molar-refractivity contribution is 0.0951. The molecule has 0 saturated heterocycles. The third-order valence-electron chi connectivity index (χ3n) is 4.26. The summed E-state index contributed by atoms with van der Waals surface area (Å²) >= 11 is 0. The van der Waals surface area contributed by atoms with Gasteiger partial charge in [-0.2, -0.15) is 0 Å². The highest BCUT2D eigenvalue weighted by Gasteiger charge is 2.25. The summed E-state index contributed by atoms with van der Waals surface area (Å²) in [4.78, 5) is 31.8. The maximum absolute atomic E-state index is 12.5. The molecule has 0 spiro atoms. The van der Waals surface area contributed by atoms with Gasteiger partial charge in [-0.25, -0.2) is 0 Å². The van der Waals surface area contributed by atoms with Crippen molar-refractivity contribution in [3.63, 3.8) is 0 Å². The van der Waals surface area contributed by atoms with E-state index in [1.165, 1.54) is 0 Å². The Labute approximate surface area is 147 Å². The number of hydrogen-bond acceptors (Lipinski definition) is 5. The van der Waals surface area contributed by atoms with Gasteiger partial charge in [0.2, 0.25) is 0 Å². The molecule has 1 aromatic carbocycles. The lowest BCUT2D eigenvalue weighted by Gasteiger charge is -2.06. The highest BCUT2D eigenvalue weighted by molar-refractivity contribution is 6.20. The minimum Gasteiger partial charge on any atom is -0.411 e. The summed E-state index contributed by atoms with van der Waals surface area (Å²) in [5.41, 5.74) is 2.94. The number of aromatic amines is 1. The van der Waals surface area contributed by atoms with Crippen LogP contribution in [0.2, 0.25) is 0 Å². The van der Waals surface area contributed by atoms with Crippen LogP contribution in [0.15, 0.2) is 47.9 Å². The van der Waals surface area contributed by atoms with Gasteiger partial charge in [-0.15, -0.1) is 0 Å². The molecule has 0 bridgehead atoms. The molecule has 8 heteroatoms. The van der Waals surface area contributed by atoms with Gasteiger partial charge in [0.05, 0.1) is 17.6 Å². The second-order valence-electron chi connectivity index (χ2n) is 5.88. The average molecular weight is 349 g/mol. The van der Waals surface area contributed by atoms with Crippen LogP contribution in [0.5, 0.6) is 0 Å². The SMILES string of the molecule is O=C(Nc1cccnc1)c1ccc2[nH]c3c(c2c1)C(=NO)CCNC3=O. The van der Waals surface area contributed by atoms with E-state index in [0.717, 1.165) is 0 Å². The highest BCUT2D eigenvalue weighted by atomic mass is 16.4. The average Bonchev–Trinajstić information content (AvgIpc) is 2.97. The van der Waals surface area contributed by atoms with Gasteiger partial charge in [0.1, 0.15) is 5.69 Å². The minimum atomic E-state index is -0.296. The zero-order valence-corrected chi connectivity index (χ0v) is 13.6. The Balaban J connectivity index is 1.79. The Hall–Kier alpha value is -3.68. The van der Waals surface area contributed by atoms with Crippen molar-refractivity contribution in [2.24, 2.45) is 5.16 Å². The summed E-state index contributed by atoms with van der Waals surface area (Å²) in [6.07, 6.45) is 3.57. The number of hydrogen-bond donors (Lipinski definition) is 4. The third-order valence-corrected chi connectivity index (χ3v) is 4.26. The van der Waals surface area contributed by atoms with Gasteiger partial charge in [0.15, 0.2) is 0 Å². The van der Waals surface area contributed by atoms with E-state index in [0.29, 0.717) is 52.1 Å². The van der Waals surface area contributed by atoms with E-state index in [2.05, 4.69) is 25.8 Å². The molecular weight excluding hydrogens is 334 g/mol. The van der Waals surface area contributed by atoms with Crippen molar-refractivity contribution >= 4 is 34.1 Å². The van der Waals surface area contributed by atoms with Crippen molar-refractivity contribution in [3.05, 3.63) is 59.5 Å². The molecule has 0 radical (unpaired) electrons. The summed E-state index contributed by atoms with van der Waals surface area (Å²) in [6.45, 7) is 0.378. The van der Waals surface area contributed by atoms with E-state index in [4.69, 9.17) is 0 Å². The number of benzene rings is 1. The number of nitrogens with one attached hydrogen (secondary N) is 3. The third kappa shape index (κ3) is 2.67. The molecule has 8 nitrogen and oxygen atoms in total. The second-order valence-corrected chi connectivity index (χ2v) is 5.88. The topological polar surface area (TPSA) is 119 Å². The van der Waals surface area contributed by atoms with Crippen molar-refractivity contribution in [3.8, 4) is 0 Å². The van der Waals surface area contributed by atoms with Gasteiger partial charge in [-0.3, -0.25) is 14.6 Å². The van der Waals surface area contributed by atoms with Crippen molar-refractivity contribution in [2.45, 2.75) is 6.42 Å². The quantitative estimate of drug-likeness (QED) is 0.418. The molecule has 0 unspecified atom stereocenters. The standard InChI is InChI=1S/C18H15N5O3/c24-17(21-11-2-1-6-19-9-11)10-3-4-13-12(8-10)15-14(23-26)5-7-20-18(25)16(15)22-13/h1-4,6,8-9,22,26H,5,7H2,(H,20,25)(H,21,24).